The van der Waals surface area contributed by atoms with Gasteiger partial charge in [-0.05, 0) is 0 Å². The Balaban J connectivity index is 2.03. The molecule has 2 rings (SSSR count). The van der Waals surface area contributed by atoms with Gasteiger partial charge in [-0.2, -0.15) is 0 Å². The van der Waals surface area contributed by atoms with Gasteiger partial charge in [0.2, 0.25) is 0 Å². The quantitative estimate of drug-likeness (QED) is 0.711. The van der Waals surface area contributed by atoms with E-state index in [0.29, 0.717) is 0 Å². The average Bonchev–Trinajstić information content (AvgIpc) is 2.29. The van der Waals surface area contributed by atoms with E-state index in [1.807, 2.05) is 0 Å². The van der Waals surface area contributed by atoms with Crippen molar-refractivity contribution in [1.29, 1.82) is 0 Å². The summed E-state index contributed by atoms with van der Waals surface area (Å²) < 4.78 is 1.60. The van der Waals surface area contributed by atoms with Crippen molar-refractivity contribution >= 4 is 11.3 Å². The van der Waals surface area contributed by atoms with Gasteiger partial charge >= 0.3 is 106 Å². The molecule has 2 aromatic rings. The van der Waals surface area contributed by atoms with Gasteiger partial charge in [-0.25, -0.2) is 0 Å². The molecule has 0 aliphatic heterocycles. The predicted octanol–water partition coefficient (Wildman–Crippen LogP) is 3.41. The van der Waals surface area contributed by atoms with Crippen molar-refractivity contribution in [2.75, 3.05) is 0 Å². The van der Waals surface area contributed by atoms with Crippen molar-refractivity contribution in [3.05, 3.63) is 60.2 Å². The van der Waals surface area contributed by atoms with E-state index in [1.54, 1.807) is 3.07 Å². The first-order valence-corrected chi connectivity index (χ1v) is 15.6. The Morgan fingerprint density at radius 2 is 1.53 bits per heavy atom. The number of aryl methyl sites for hydroxylation is 1. The van der Waals surface area contributed by atoms with Crippen LogP contribution in [-0.2, 0) is 23.1 Å². The van der Waals surface area contributed by atoms with Crippen molar-refractivity contribution in [1.82, 2.24) is 0 Å². The summed E-state index contributed by atoms with van der Waals surface area (Å²) in [6, 6.07) is 19.6. The Morgan fingerprint density at radius 1 is 0.867 bits per heavy atom. The van der Waals surface area contributed by atoms with Crippen molar-refractivity contribution < 1.29 is 23.1 Å². The molecular weight excluding hydrogens is 389 g/mol. The van der Waals surface area contributed by atoms with Crippen LogP contribution in [0.25, 0.3) is 0 Å². The molecule has 0 aliphatic rings. The standard InChI is InChI=1S/C7H8S.C6H5.Hg/c1-6-4-2-3-5-7(6)8;1-2-4-6-5-3-1;/h2-5,8H,1H3;1-5H;/q;;+1/p-1. The number of hydrogen-bond acceptors (Lipinski definition) is 1. The third kappa shape index (κ3) is 3.35. The monoisotopic (exact) mass is 402 g/mol. The summed E-state index contributed by atoms with van der Waals surface area (Å²) >= 11 is -0.971. The van der Waals surface area contributed by atoms with Crippen LogP contribution in [0.4, 0.5) is 0 Å². The summed E-state index contributed by atoms with van der Waals surface area (Å²) in [5, 5.41) is 0. The Labute approximate surface area is 106 Å². The summed E-state index contributed by atoms with van der Waals surface area (Å²) in [5.74, 6) is 0. The van der Waals surface area contributed by atoms with Gasteiger partial charge in [0.1, 0.15) is 0 Å². The molecule has 0 N–H and O–H groups in total. The molecule has 0 unspecified atom stereocenters. The maximum atomic E-state index is 2.27. The zero-order valence-electron chi connectivity index (χ0n) is 8.81. The summed E-state index contributed by atoms with van der Waals surface area (Å²) in [6.07, 6.45) is 0. The topological polar surface area (TPSA) is 0 Å². The molecular formula is C13H12HgS. The Hall–Kier alpha value is -0.275. The number of rotatable bonds is 3. The third-order valence-corrected chi connectivity index (χ3v) is 14.6. The fourth-order valence-corrected chi connectivity index (χ4v) is 13.3. The van der Waals surface area contributed by atoms with E-state index in [0.717, 1.165) is 0 Å². The molecule has 0 aliphatic carbocycles. The molecule has 0 amide bonds. The van der Waals surface area contributed by atoms with Crippen LogP contribution < -0.4 is 3.07 Å². The van der Waals surface area contributed by atoms with E-state index in [9.17, 15) is 0 Å². The van der Waals surface area contributed by atoms with Gasteiger partial charge in [-0.3, -0.25) is 0 Å². The first-order valence-electron chi connectivity index (χ1n) is 5.08. The second-order valence-corrected chi connectivity index (χ2v) is 14.5. The molecule has 15 heavy (non-hydrogen) atoms. The molecule has 0 aromatic heterocycles. The van der Waals surface area contributed by atoms with Crippen LogP contribution >= 0.6 is 8.24 Å². The maximum absolute atomic E-state index is 2.27. The van der Waals surface area contributed by atoms with Gasteiger partial charge in [0.15, 0.2) is 0 Å². The van der Waals surface area contributed by atoms with Gasteiger partial charge in [0.25, 0.3) is 0 Å². The predicted molar refractivity (Wildman–Crippen MR) is 63.1 cm³/mol. The summed E-state index contributed by atoms with van der Waals surface area (Å²) in [5.41, 5.74) is 1.42. The van der Waals surface area contributed by atoms with Gasteiger partial charge in [0.05, 0.1) is 0 Å². The van der Waals surface area contributed by atoms with E-state index >= 15 is 0 Å². The van der Waals surface area contributed by atoms with Crippen LogP contribution in [0.1, 0.15) is 5.56 Å². The Kier molecular flexibility index (Phi) is 4.27. The van der Waals surface area contributed by atoms with Crippen LogP contribution in [0, 0.1) is 6.92 Å². The summed E-state index contributed by atoms with van der Waals surface area (Å²) in [6.45, 7) is 2.20. The summed E-state index contributed by atoms with van der Waals surface area (Å²) in [7, 11) is 2.12. The van der Waals surface area contributed by atoms with Gasteiger partial charge in [-0.1, -0.05) is 0 Å². The van der Waals surface area contributed by atoms with E-state index in [2.05, 4.69) is 69.8 Å². The van der Waals surface area contributed by atoms with Crippen LogP contribution in [0.5, 0.6) is 0 Å². The van der Waals surface area contributed by atoms with Crippen LogP contribution in [0.3, 0.4) is 0 Å². The molecule has 2 aromatic carbocycles. The molecule has 72 valence electrons. The summed E-state index contributed by atoms with van der Waals surface area (Å²) in [4.78, 5) is 1.48. The van der Waals surface area contributed by atoms with Crippen molar-refractivity contribution in [3.8, 4) is 0 Å². The molecule has 0 bridgehead atoms. The average molecular weight is 401 g/mol. The second kappa shape index (κ2) is 5.71. The van der Waals surface area contributed by atoms with Crippen LogP contribution in [0.2, 0.25) is 0 Å². The molecule has 0 saturated carbocycles. The van der Waals surface area contributed by atoms with Crippen molar-refractivity contribution in [3.63, 3.8) is 0 Å². The van der Waals surface area contributed by atoms with Crippen molar-refractivity contribution in [2.24, 2.45) is 0 Å². The Morgan fingerprint density at radius 3 is 2.27 bits per heavy atom. The second-order valence-electron chi connectivity index (χ2n) is 3.54. The van der Waals surface area contributed by atoms with E-state index in [1.165, 1.54) is 10.5 Å². The molecule has 0 nitrogen and oxygen atoms in total. The first-order chi connectivity index (χ1) is 7.36. The fraction of sp³-hybridized carbons (Fsp3) is 0.0769. The molecule has 0 fully saturated rings. The number of benzene rings is 2. The SMILES string of the molecule is Cc1ccccc1[S][Hg][c]1ccccc1. The molecule has 0 spiro atoms. The Bertz CT molecular complexity index is 426. The van der Waals surface area contributed by atoms with E-state index < -0.39 is 23.1 Å². The van der Waals surface area contributed by atoms with Gasteiger partial charge < -0.3 is 0 Å². The molecule has 0 saturated heterocycles. The molecule has 0 atom stereocenters. The van der Waals surface area contributed by atoms with Crippen LogP contribution in [-0.4, -0.2) is 0 Å². The zero-order valence-corrected chi connectivity index (χ0v) is 15.1. The minimum absolute atomic E-state index is 0.971. The molecule has 0 heterocycles. The van der Waals surface area contributed by atoms with Gasteiger partial charge in [-0.15, -0.1) is 0 Å². The first kappa shape index (κ1) is 11.2. The van der Waals surface area contributed by atoms with E-state index in [4.69, 9.17) is 0 Å². The number of hydrogen-bond donors (Lipinski definition) is 0. The third-order valence-electron chi connectivity index (χ3n) is 2.33. The van der Waals surface area contributed by atoms with Gasteiger partial charge in [0, 0.05) is 0 Å². The molecule has 2 heteroatoms. The van der Waals surface area contributed by atoms with Crippen LogP contribution in [0.15, 0.2) is 59.5 Å². The molecule has 0 radical (unpaired) electrons. The zero-order chi connectivity index (χ0) is 10.5. The van der Waals surface area contributed by atoms with E-state index in [-0.39, 0.29) is 0 Å². The normalized spacial score (nSPS) is 9.67. The fourth-order valence-electron chi connectivity index (χ4n) is 1.45. The van der Waals surface area contributed by atoms with Crippen molar-refractivity contribution in [2.45, 2.75) is 11.8 Å². The minimum atomic E-state index is -0.971.